The van der Waals surface area contributed by atoms with Gasteiger partial charge in [0.2, 0.25) is 5.82 Å². The molecule has 0 saturated heterocycles. The van der Waals surface area contributed by atoms with Gasteiger partial charge in [-0.1, -0.05) is 24.3 Å². The van der Waals surface area contributed by atoms with Gasteiger partial charge in [0.1, 0.15) is 5.82 Å². The van der Waals surface area contributed by atoms with E-state index >= 15 is 0 Å². The summed E-state index contributed by atoms with van der Waals surface area (Å²) in [6.45, 7) is 0. The molecule has 0 atom stereocenters. The van der Waals surface area contributed by atoms with Gasteiger partial charge < -0.3 is 14.8 Å². The van der Waals surface area contributed by atoms with Crippen molar-refractivity contribution < 1.29 is 18.7 Å². The molecule has 34 heavy (non-hydrogen) atoms. The summed E-state index contributed by atoms with van der Waals surface area (Å²) in [4.78, 5) is 22.2. The number of carbonyl (C=O) groups is 1. The number of H-pyrrole nitrogens is 1. The molecule has 3 aromatic carbocycles. The fourth-order valence-electron chi connectivity index (χ4n) is 3.24. The van der Waals surface area contributed by atoms with Gasteiger partial charge in [0.25, 0.3) is 11.8 Å². The van der Waals surface area contributed by atoms with Crippen molar-refractivity contribution in [3.8, 4) is 28.8 Å². The summed E-state index contributed by atoms with van der Waals surface area (Å²) in [7, 11) is 1.39. The van der Waals surface area contributed by atoms with Crippen molar-refractivity contribution in [3.05, 3.63) is 78.2 Å². The normalized spacial score (nSPS) is 10.8. The van der Waals surface area contributed by atoms with E-state index in [0.29, 0.717) is 28.1 Å². The number of aromatic nitrogens is 6. The van der Waals surface area contributed by atoms with Gasteiger partial charge in [-0.15, -0.1) is 10.2 Å². The standard InChI is InChI=1S/C23H16FN7O3/c1-33-19-12-14(24)9-10-18(19)34-23-20(26-16-7-2-3-8-17(16)27-23)22(32)25-15-6-4-5-13(11-15)21-28-30-31-29-21/h2-12H,1H3,(H,25,32)(H,28,29,30,31). The van der Waals surface area contributed by atoms with Crippen molar-refractivity contribution in [1.29, 1.82) is 0 Å². The third-order valence-corrected chi connectivity index (χ3v) is 4.81. The quantitative estimate of drug-likeness (QED) is 0.392. The van der Waals surface area contributed by atoms with E-state index in [2.05, 4.69) is 35.9 Å². The molecule has 11 heteroatoms. The second kappa shape index (κ2) is 8.90. The van der Waals surface area contributed by atoms with Gasteiger partial charge in [0.15, 0.2) is 17.2 Å². The van der Waals surface area contributed by atoms with E-state index < -0.39 is 11.7 Å². The average molecular weight is 457 g/mol. The van der Waals surface area contributed by atoms with Crippen LogP contribution in [0.15, 0.2) is 66.7 Å². The molecule has 0 saturated carbocycles. The number of para-hydroxylation sites is 2. The highest BCUT2D eigenvalue weighted by Crippen LogP contribution is 2.33. The zero-order chi connectivity index (χ0) is 23.5. The molecule has 0 radical (unpaired) electrons. The lowest BCUT2D eigenvalue weighted by molar-refractivity contribution is 0.101. The number of methoxy groups -OCH3 is 1. The number of hydrogen-bond acceptors (Lipinski definition) is 8. The van der Waals surface area contributed by atoms with Crippen molar-refractivity contribution in [2.24, 2.45) is 0 Å². The van der Waals surface area contributed by atoms with E-state index in [1.807, 2.05) is 0 Å². The van der Waals surface area contributed by atoms with Gasteiger partial charge in [-0.2, -0.15) is 5.21 Å². The summed E-state index contributed by atoms with van der Waals surface area (Å²) in [5, 5.41) is 16.6. The van der Waals surface area contributed by atoms with Crippen LogP contribution < -0.4 is 14.8 Å². The van der Waals surface area contributed by atoms with Crippen molar-refractivity contribution in [3.63, 3.8) is 0 Å². The maximum absolute atomic E-state index is 13.6. The van der Waals surface area contributed by atoms with Gasteiger partial charge in [-0.25, -0.2) is 14.4 Å². The van der Waals surface area contributed by atoms with Crippen LogP contribution in [-0.4, -0.2) is 43.6 Å². The lowest BCUT2D eigenvalue weighted by Gasteiger charge is -2.13. The minimum Gasteiger partial charge on any atom is -0.493 e. The highest BCUT2D eigenvalue weighted by atomic mass is 19.1. The van der Waals surface area contributed by atoms with E-state index in [4.69, 9.17) is 9.47 Å². The number of carbonyl (C=O) groups excluding carboxylic acids is 1. The van der Waals surface area contributed by atoms with Gasteiger partial charge in [0, 0.05) is 17.3 Å². The third kappa shape index (κ3) is 4.21. The van der Waals surface area contributed by atoms with Crippen LogP contribution in [0.3, 0.4) is 0 Å². The minimum absolute atomic E-state index is 0.0598. The summed E-state index contributed by atoms with van der Waals surface area (Å²) < 4.78 is 24.7. The number of anilines is 1. The molecule has 0 aliphatic rings. The topological polar surface area (TPSA) is 128 Å². The minimum atomic E-state index is -0.556. The van der Waals surface area contributed by atoms with Crippen LogP contribution in [0.4, 0.5) is 10.1 Å². The van der Waals surface area contributed by atoms with Crippen LogP contribution in [0.5, 0.6) is 17.4 Å². The molecule has 2 heterocycles. The molecular formula is C23H16FN7O3. The summed E-state index contributed by atoms with van der Waals surface area (Å²) >= 11 is 0. The first kappa shape index (κ1) is 20.9. The Morgan fingerprint density at radius 2 is 1.79 bits per heavy atom. The molecule has 5 rings (SSSR count). The summed E-state index contributed by atoms with van der Waals surface area (Å²) in [6.07, 6.45) is 0. The number of nitrogens with zero attached hydrogens (tertiary/aromatic N) is 5. The van der Waals surface area contributed by atoms with Crippen molar-refractivity contribution in [1.82, 2.24) is 30.6 Å². The van der Waals surface area contributed by atoms with Crippen LogP contribution in [0.25, 0.3) is 22.4 Å². The van der Waals surface area contributed by atoms with Crippen LogP contribution in [-0.2, 0) is 0 Å². The first-order valence-electron chi connectivity index (χ1n) is 10.0. The molecule has 0 spiro atoms. The van der Waals surface area contributed by atoms with E-state index in [-0.39, 0.29) is 23.1 Å². The fraction of sp³-hybridized carbons (Fsp3) is 0.0435. The predicted molar refractivity (Wildman–Crippen MR) is 120 cm³/mol. The predicted octanol–water partition coefficient (Wildman–Crippen LogP) is 4.00. The van der Waals surface area contributed by atoms with Crippen LogP contribution in [0, 0.1) is 5.82 Å². The van der Waals surface area contributed by atoms with Crippen LogP contribution in [0.2, 0.25) is 0 Å². The Labute approximate surface area is 191 Å². The molecule has 0 unspecified atom stereocenters. The number of tetrazole rings is 1. The Hall–Kier alpha value is -4.93. The first-order chi connectivity index (χ1) is 16.6. The van der Waals surface area contributed by atoms with E-state index in [1.165, 1.54) is 25.3 Å². The molecule has 0 bridgehead atoms. The number of hydrogen-bond donors (Lipinski definition) is 2. The molecule has 2 aromatic heterocycles. The molecular weight excluding hydrogens is 441 g/mol. The van der Waals surface area contributed by atoms with E-state index in [0.717, 1.165) is 0 Å². The van der Waals surface area contributed by atoms with Crippen molar-refractivity contribution in [2.75, 3.05) is 12.4 Å². The zero-order valence-electron chi connectivity index (χ0n) is 17.7. The number of halogens is 1. The largest absolute Gasteiger partial charge is 0.493 e. The van der Waals surface area contributed by atoms with E-state index in [9.17, 15) is 9.18 Å². The monoisotopic (exact) mass is 457 g/mol. The Morgan fingerprint density at radius 3 is 2.56 bits per heavy atom. The lowest BCUT2D eigenvalue weighted by Crippen LogP contribution is -2.16. The number of amides is 1. The second-order valence-corrected chi connectivity index (χ2v) is 7.03. The number of aromatic amines is 1. The molecule has 10 nitrogen and oxygen atoms in total. The molecule has 0 aliphatic heterocycles. The molecule has 2 N–H and O–H groups in total. The molecule has 168 valence electrons. The van der Waals surface area contributed by atoms with Crippen molar-refractivity contribution in [2.45, 2.75) is 0 Å². The third-order valence-electron chi connectivity index (χ3n) is 4.81. The van der Waals surface area contributed by atoms with E-state index in [1.54, 1.807) is 48.5 Å². The highest BCUT2D eigenvalue weighted by molar-refractivity contribution is 6.05. The van der Waals surface area contributed by atoms with Gasteiger partial charge >= 0.3 is 0 Å². The Kier molecular flexibility index (Phi) is 5.48. The maximum atomic E-state index is 13.6. The second-order valence-electron chi connectivity index (χ2n) is 7.03. The Morgan fingerprint density at radius 1 is 0.971 bits per heavy atom. The first-order valence-corrected chi connectivity index (χ1v) is 10.0. The Balaban J connectivity index is 1.52. The zero-order valence-corrected chi connectivity index (χ0v) is 17.7. The fourth-order valence-corrected chi connectivity index (χ4v) is 3.24. The summed E-state index contributed by atoms with van der Waals surface area (Å²) in [5.41, 5.74) is 2.10. The van der Waals surface area contributed by atoms with Gasteiger partial charge in [0.05, 0.1) is 18.1 Å². The summed E-state index contributed by atoms with van der Waals surface area (Å²) in [5.74, 6) is -0.395. The molecule has 5 aromatic rings. The SMILES string of the molecule is COc1cc(F)ccc1Oc1nc2ccccc2nc1C(=O)Nc1cccc(-c2nn[nH]n2)c1. The maximum Gasteiger partial charge on any atom is 0.279 e. The Bertz CT molecular complexity index is 1490. The smallest absolute Gasteiger partial charge is 0.279 e. The van der Waals surface area contributed by atoms with Crippen molar-refractivity contribution >= 4 is 22.6 Å². The van der Waals surface area contributed by atoms with Crippen LogP contribution >= 0.6 is 0 Å². The van der Waals surface area contributed by atoms with Crippen LogP contribution in [0.1, 0.15) is 10.5 Å². The molecule has 1 amide bonds. The molecule has 0 fully saturated rings. The number of nitrogens with one attached hydrogen (secondary N) is 2. The number of rotatable bonds is 6. The number of ether oxygens (including phenoxy) is 2. The average Bonchev–Trinajstić information content (AvgIpc) is 3.40. The lowest BCUT2D eigenvalue weighted by atomic mass is 10.2. The number of benzene rings is 3. The highest BCUT2D eigenvalue weighted by Gasteiger charge is 2.21. The summed E-state index contributed by atoms with van der Waals surface area (Å²) in [6, 6.07) is 17.8. The van der Waals surface area contributed by atoms with Gasteiger partial charge in [-0.3, -0.25) is 4.79 Å². The van der Waals surface area contributed by atoms with Gasteiger partial charge in [-0.05, 0) is 41.6 Å². The number of fused-ring (bicyclic) bond motifs is 1. The molecule has 0 aliphatic carbocycles.